The molecule has 1 unspecified atom stereocenters. The van der Waals surface area contributed by atoms with Crippen molar-refractivity contribution in [3.05, 3.63) is 33.9 Å². The molecule has 1 aromatic rings. The Hall–Kier alpha value is -1.31. The van der Waals surface area contributed by atoms with Gasteiger partial charge in [0.1, 0.15) is 5.69 Å². The number of nitro groups is 1. The standard InChI is InChI=1S/C11H17N3O3S/c1-8(4-5-15)18-7-9-2-3-10(13-12)11(6-9)14(16)17/h2-3,6,8,13,15H,4-5,7,12H2,1H3. The molecule has 0 heterocycles. The summed E-state index contributed by atoms with van der Waals surface area (Å²) in [4.78, 5) is 10.4. The number of nitrogens with one attached hydrogen (secondary N) is 1. The lowest BCUT2D eigenvalue weighted by atomic mass is 10.2. The van der Waals surface area contributed by atoms with Gasteiger partial charge in [0.2, 0.25) is 0 Å². The molecule has 0 saturated heterocycles. The second-order valence-electron chi connectivity index (χ2n) is 3.89. The second-order valence-corrected chi connectivity index (χ2v) is 5.31. The van der Waals surface area contributed by atoms with Crippen LogP contribution in [0.1, 0.15) is 18.9 Å². The number of aliphatic hydroxyl groups is 1. The highest BCUT2D eigenvalue weighted by Gasteiger charge is 2.14. The molecule has 6 nitrogen and oxygen atoms in total. The lowest BCUT2D eigenvalue weighted by Crippen LogP contribution is -2.09. The quantitative estimate of drug-likeness (QED) is 0.397. The van der Waals surface area contributed by atoms with E-state index in [0.717, 1.165) is 12.0 Å². The van der Waals surface area contributed by atoms with Crippen LogP contribution in [0.5, 0.6) is 0 Å². The summed E-state index contributed by atoms with van der Waals surface area (Å²) in [7, 11) is 0. The summed E-state index contributed by atoms with van der Waals surface area (Å²) in [6, 6.07) is 4.93. The van der Waals surface area contributed by atoms with Gasteiger partial charge in [-0.25, -0.2) is 0 Å². The normalized spacial score (nSPS) is 12.2. The summed E-state index contributed by atoms with van der Waals surface area (Å²) >= 11 is 1.65. The first-order chi connectivity index (χ1) is 8.58. The van der Waals surface area contributed by atoms with Crippen molar-refractivity contribution >= 4 is 23.1 Å². The molecule has 0 spiro atoms. The minimum atomic E-state index is -0.458. The summed E-state index contributed by atoms with van der Waals surface area (Å²) in [6.45, 7) is 2.18. The summed E-state index contributed by atoms with van der Waals surface area (Å²) in [5, 5.41) is 20.0. The molecule has 0 aromatic heterocycles. The third-order valence-corrected chi connectivity index (χ3v) is 3.79. The van der Waals surface area contributed by atoms with Gasteiger partial charge in [0.05, 0.1) is 4.92 Å². The molecule has 0 fully saturated rings. The van der Waals surface area contributed by atoms with Crippen LogP contribution in [0.2, 0.25) is 0 Å². The zero-order valence-electron chi connectivity index (χ0n) is 10.1. The highest BCUT2D eigenvalue weighted by Crippen LogP contribution is 2.27. The molecule has 0 bridgehead atoms. The summed E-state index contributed by atoms with van der Waals surface area (Å²) in [6.07, 6.45) is 0.717. The van der Waals surface area contributed by atoms with E-state index in [1.165, 1.54) is 6.07 Å². The van der Waals surface area contributed by atoms with Gasteiger partial charge in [-0.05, 0) is 18.1 Å². The van der Waals surface area contributed by atoms with E-state index >= 15 is 0 Å². The van der Waals surface area contributed by atoms with Gasteiger partial charge < -0.3 is 10.5 Å². The summed E-state index contributed by atoms with van der Waals surface area (Å²) in [5.74, 6) is 5.89. The lowest BCUT2D eigenvalue weighted by molar-refractivity contribution is -0.384. The Morgan fingerprint density at radius 3 is 2.89 bits per heavy atom. The molecule has 0 radical (unpaired) electrons. The van der Waals surface area contributed by atoms with Crippen molar-refractivity contribution in [1.82, 2.24) is 0 Å². The molecule has 1 aromatic carbocycles. The van der Waals surface area contributed by atoms with E-state index in [1.54, 1.807) is 23.9 Å². The van der Waals surface area contributed by atoms with Gasteiger partial charge in [-0.2, -0.15) is 11.8 Å². The second kappa shape index (κ2) is 7.20. The minimum absolute atomic E-state index is 0.0228. The van der Waals surface area contributed by atoms with Crippen LogP contribution in [0.3, 0.4) is 0 Å². The molecule has 1 rings (SSSR count). The lowest BCUT2D eigenvalue weighted by Gasteiger charge is -2.10. The van der Waals surface area contributed by atoms with Gasteiger partial charge in [0, 0.05) is 23.7 Å². The highest BCUT2D eigenvalue weighted by molar-refractivity contribution is 7.99. The molecule has 0 amide bonds. The van der Waals surface area contributed by atoms with E-state index < -0.39 is 4.92 Å². The van der Waals surface area contributed by atoms with Crippen LogP contribution < -0.4 is 11.3 Å². The maximum Gasteiger partial charge on any atom is 0.293 e. The van der Waals surface area contributed by atoms with Gasteiger partial charge in [-0.3, -0.25) is 16.0 Å². The van der Waals surface area contributed by atoms with Crippen molar-refractivity contribution in [1.29, 1.82) is 0 Å². The number of anilines is 1. The molecule has 0 aliphatic carbocycles. The maximum atomic E-state index is 10.8. The van der Waals surface area contributed by atoms with Crippen LogP contribution in [-0.4, -0.2) is 21.9 Å². The van der Waals surface area contributed by atoms with Crippen molar-refractivity contribution < 1.29 is 10.0 Å². The van der Waals surface area contributed by atoms with Gasteiger partial charge in [-0.15, -0.1) is 0 Å². The minimum Gasteiger partial charge on any atom is -0.396 e. The monoisotopic (exact) mass is 271 g/mol. The van der Waals surface area contributed by atoms with Crippen molar-refractivity contribution in [3.8, 4) is 0 Å². The van der Waals surface area contributed by atoms with E-state index in [-0.39, 0.29) is 12.3 Å². The first-order valence-corrected chi connectivity index (χ1v) is 6.59. The number of hydrogen-bond donors (Lipinski definition) is 3. The molecule has 7 heteroatoms. The van der Waals surface area contributed by atoms with E-state index in [4.69, 9.17) is 10.9 Å². The van der Waals surface area contributed by atoms with Crippen molar-refractivity contribution in [2.75, 3.05) is 12.0 Å². The first-order valence-electron chi connectivity index (χ1n) is 5.55. The number of nitrogen functional groups attached to an aromatic ring is 1. The third-order valence-electron chi connectivity index (χ3n) is 2.48. The molecule has 4 N–H and O–H groups in total. The Labute approximate surface area is 110 Å². The van der Waals surface area contributed by atoms with Crippen molar-refractivity contribution in [2.24, 2.45) is 5.84 Å². The number of nitrogens with two attached hydrogens (primary N) is 1. The number of hydrazine groups is 1. The topological polar surface area (TPSA) is 101 Å². The van der Waals surface area contributed by atoms with Crippen molar-refractivity contribution in [3.63, 3.8) is 0 Å². The molecular formula is C11H17N3O3S. The fourth-order valence-corrected chi connectivity index (χ4v) is 2.37. The zero-order chi connectivity index (χ0) is 13.5. The average molecular weight is 271 g/mol. The van der Waals surface area contributed by atoms with E-state index in [2.05, 4.69) is 5.43 Å². The molecule has 0 aliphatic heterocycles. The largest absolute Gasteiger partial charge is 0.396 e. The Kier molecular flexibility index (Phi) is 5.90. The van der Waals surface area contributed by atoms with E-state index in [9.17, 15) is 10.1 Å². The molecule has 1 atom stereocenters. The third kappa shape index (κ3) is 4.17. The Morgan fingerprint density at radius 1 is 1.61 bits per heavy atom. The molecule has 100 valence electrons. The number of thioether (sulfide) groups is 1. The van der Waals surface area contributed by atoms with Gasteiger partial charge in [-0.1, -0.05) is 13.0 Å². The smallest absolute Gasteiger partial charge is 0.293 e. The number of hydrogen-bond acceptors (Lipinski definition) is 6. The van der Waals surface area contributed by atoms with Crippen LogP contribution in [0, 0.1) is 10.1 Å². The molecule has 18 heavy (non-hydrogen) atoms. The predicted octanol–water partition coefficient (Wildman–Crippen LogP) is 1.88. The first kappa shape index (κ1) is 14.7. The number of benzene rings is 1. The maximum absolute atomic E-state index is 10.8. The van der Waals surface area contributed by atoms with E-state index in [1.807, 2.05) is 6.92 Å². The molecular weight excluding hydrogens is 254 g/mol. The fourth-order valence-electron chi connectivity index (χ4n) is 1.44. The Morgan fingerprint density at radius 2 is 2.33 bits per heavy atom. The Balaban J connectivity index is 2.73. The number of nitro benzene ring substituents is 1. The van der Waals surface area contributed by atoms with Crippen LogP contribution in [0.25, 0.3) is 0 Å². The van der Waals surface area contributed by atoms with Crippen LogP contribution in [0.15, 0.2) is 18.2 Å². The van der Waals surface area contributed by atoms with Gasteiger partial charge >= 0.3 is 0 Å². The zero-order valence-corrected chi connectivity index (χ0v) is 10.9. The van der Waals surface area contributed by atoms with E-state index in [0.29, 0.717) is 16.7 Å². The fraction of sp³-hybridized carbons (Fsp3) is 0.455. The highest BCUT2D eigenvalue weighted by atomic mass is 32.2. The average Bonchev–Trinajstić information content (AvgIpc) is 2.36. The number of nitrogens with zero attached hydrogens (tertiary/aromatic N) is 1. The molecule has 0 aliphatic rings. The predicted molar refractivity (Wildman–Crippen MR) is 73.4 cm³/mol. The van der Waals surface area contributed by atoms with Crippen LogP contribution in [0.4, 0.5) is 11.4 Å². The Bertz CT molecular complexity index is 415. The van der Waals surface area contributed by atoms with Gasteiger partial charge in [0.25, 0.3) is 5.69 Å². The van der Waals surface area contributed by atoms with Crippen molar-refractivity contribution in [2.45, 2.75) is 24.3 Å². The van der Waals surface area contributed by atoms with Gasteiger partial charge in [0.15, 0.2) is 0 Å². The molecule has 0 saturated carbocycles. The number of aliphatic hydroxyl groups excluding tert-OH is 1. The summed E-state index contributed by atoms with van der Waals surface area (Å²) in [5.41, 5.74) is 3.46. The SMILES string of the molecule is CC(CCO)SCc1ccc(NN)c([N+](=O)[O-])c1. The number of rotatable bonds is 7. The van der Waals surface area contributed by atoms with Crippen LogP contribution in [-0.2, 0) is 5.75 Å². The van der Waals surface area contributed by atoms with Crippen LogP contribution >= 0.6 is 11.8 Å². The summed E-state index contributed by atoms with van der Waals surface area (Å²) < 4.78 is 0.